The lowest BCUT2D eigenvalue weighted by atomic mass is 10.3. The Labute approximate surface area is 125 Å². The fourth-order valence-corrected chi connectivity index (χ4v) is 3.70. The van der Waals surface area contributed by atoms with Crippen molar-refractivity contribution in [1.82, 2.24) is 14.9 Å². The standard InChI is InChI=1S/C13H15BrN4S/c1-17-3-5-18(6-4-17)12-8-11(15-9-16-12)13-10(14)2-7-19-13/h2,7-9H,3-6H2,1H3. The Morgan fingerprint density at radius 1 is 1.21 bits per heavy atom. The van der Waals surface area contributed by atoms with E-state index in [0.29, 0.717) is 0 Å². The number of anilines is 1. The van der Waals surface area contributed by atoms with Crippen LogP contribution in [0.4, 0.5) is 5.82 Å². The first kappa shape index (κ1) is 13.0. The third-order valence-corrected chi connectivity index (χ3v) is 5.19. The van der Waals surface area contributed by atoms with E-state index in [1.165, 1.54) is 0 Å². The Morgan fingerprint density at radius 2 is 2.00 bits per heavy atom. The molecule has 3 rings (SSSR count). The van der Waals surface area contributed by atoms with Crippen molar-refractivity contribution in [3.8, 4) is 10.6 Å². The summed E-state index contributed by atoms with van der Waals surface area (Å²) in [6.45, 7) is 4.22. The molecular formula is C13H15BrN4S. The Kier molecular flexibility index (Phi) is 3.81. The minimum absolute atomic E-state index is 0.991. The van der Waals surface area contributed by atoms with E-state index in [2.05, 4.69) is 60.3 Å². The summed E-state index contributed by atoms with van der Waals surface area (Å²) in [5, 5.41) is 2.07. The zero-order valence-corrected chi connectivity index (χ0v) is 13.1. The van der Waals surface area contributed by atoms with Crippen molar-refractivity contribution in [2.45, 2.75) is 0 Å². The zero-order valence-electron chi connectivity index (χ0n) is 10.7. The summed E-state index contributed by atoms with van der Waals surface area (Å²) < 4.78 is 1.10. The van der Waals surface area contributed by atoms with E-state index in [0.717, 1.165) is 47.0 Å². The van der Waals surface area contributed by atoms with Gasteiger partial charge >= 0.3 is 0 Å². The smallest absolute Gasteiger partial charge is 0.132 e. The predicted octanol–water partition coefficient (Wildman–Crippen LogP) is 2.72. The normalized spacial score (nSPS) is 16.8. The molecule has 0 unspecified atom stereocenters. The summed E-state index contributed by atoms with van der Waals surface area (Å²) in [5.74, 6) is 1.03. The Balaban J connectivity index is 1.86. The molecule has 2 aromatic rings. The maximum Gasteiger partial charge on any atom is 0.132 e. The van der Waals surface area contributed by atoms with E-state index in [4.69, 9.17) is 0 Å². The van der Waals surface area contributed by atoms with Crippen LogP contribution >= 0.6 is 27.3 Å². The van der Waals surface area contributed by atoms with Gasteiger partial charge in [0.1, 0.15) is 12.1 Å². The average molecular weight is 339 g/mol. The van der Waals surface area contributed by atoms with Gasteiger partial charge in [-0.25, -0.2) is 9.97 Å². The molecule has 19 heavy (non-hydrogen) atoms. The van der Waals surface area contributed by atoms with E-state index >= 15 is 0 Å². The van der Waals surface area contributed by atoms with E-state index in [1.807, 2.05) is 0 Å². The first-order chi connectivity index (χ1) is 9.24. The number of piperazine rings is 1. The molecule has 0 bridgehead atoms. The highest BCUT2D eigenvalue weighted by Crippen LogP contribution is 2.33. The molecule has 0 amide bonds. The maximum absolute atomic E-state index is 4.41. The summed E-state index contributed by atoms with van der Waals surface area (Å²) in [4.78, 5) is 14.6. The van der Waals surface area contributed by atoms with Gasteiger partial charge in [-0.1, -0.05) is 0 Å². The number of thiophene rings is 1. The van der Waals surface area contributed by atoms with Crippen LogP contribution in [0.2, 0.25) is 0 Å². The van der Waals surface area contributed by atoms with Crippen LogP contribution in [0, 0.1) is 0 Å². The summed E-state index contributed by atoms with van der Waals surface area (Å²) in [7, 11) is 2.16. The van der Waals surface area contributed by atoms with Crippen LogP contribution in [0.1, 0.15) is 0 Å². The molecule has 4 nitrogen and oxygen atoms in total. The van der Waals surface area contributed by atoms with Crippen LogP contribution in [-0.4, -0.2) is 48.1 Å². The van der Waals surface area contributed by atoms with Crippen molar-refractivity contribution >= 4 is 33.1 Å². The number of nitrogens with zero attached hydrogens (tertiary/aromatic N) is 4. The van der Waals surface area contributed by atoms with Gasteiger partial charge in [0.05, 0.1) is 10.6 Å². The summed E-state index contributed by atoms with van der Waals surface area (Å²) in [6.07, 6.45) is 1.66. The van der Waals surface area contributed by atoms with Gasteiger partial charge in [0.2, 0.25) is 0 Å². The monoisotopic (exact) mass is 338 g/mol. The van der Waals surface area contributed by atoms with Crippen LogP contribution in [0.3, 0.4) is 0 Å². The second kappa shape index (κ2) is 5.56. The molecule has 1 aliphatic heterocycles. The molecule has 100 valence electrons. The van der Waals surface area contributed by atoms with Crippen molar-refractivity contribution in [2.75, 3.05) is 38.1 Å². The van der Waals surface area contributed by atoms with Crippen LogP contribution in [0.25, 0.3) is 10.6 Å². The van der Waals surface area contributed by atoms with E-state index < -0.39 is 0 Å². The quantitative estimate of drug-likeness (QED) is 0.842. The molecule has 0 N–H and O–H groups in total. The van der Waals surface area contributed by atoms with E-state index in [9.17, 15) is 0 Å². The molecule has 6 heteroatoms. The first-order valence-corrected chi connectivity index (χ1v) is 7.90. The topological polar surface area (TPSA) is 32.3 Å². The molecule has 0 aromatic carbocycles. The molecular weight excluding hydrogens is 324 g/mol. The molecule has 0 radical (unpaired) electrons. The largest absolute Gasteiger partial charge is 0.354 e. The second-order valence-electron chi connectivity index (χ2n) is 4.65. The molecule has 1 aliphatic rings. The minimum Gasteiger partial charge on any atom is -0.354 e. The number of halogens is 1. The first-order valence-electron chi connectivity index (χ1n) is 6.23. The molecule has 0 atom stereocenters. The minimum atomic E-state index is 0.991. The molecule has 1 fully saturated rings. The lowest BCUT2D eigenvalue weighted by molar-refractivity contribution is 0.312. The van der Waals surface area contributed by atoms with Crippen LogP contribution < -0.4 is 4.90 Å². The van der Waals surface area contributed by atoms with Crippen LogP contribution in [0.15, 0.2) is 28.3 Å². The fourth-order valence-electron chi connectivity index (χ4n) is 2.16. The van der Waals surface area contributed by atoms with Gasteiger partial charge in [0.15, 0.2) is 0 Å². The van der Waals surface area contributed by atoms with Gasteiger partial charge < -0.3 is 9.80 Å². The Hall–Kier alpha value is -0.980. The number of likely N-dealkylation sites (N-methyl/N-ethyl adjacent to an activating group) is 1. The van der Waals surface area contributed by atoms with Crippen molar-refractivity contribution in [2.24, 2.45) is 0 Å². The summed E-state index contributed by atoms with van der Waals surface area (Å²) in [6, 6.07) is 4.14. The van der Waals surface area contributed by atoms with Crippen LogP contribution in [-0.2, 0) is 0 Å². The average Bonchev–Trinajstić information content (AvgIpc) is 2.86. The second-order valence-corrected chi connectivity index (χ2v) is 6.42. The molecule has 0 saturated carbocycles. The van der Waals surface area contributed by atoms with Gasteiger partial charge in [-0.15, -0.1) is 11.3 Å². The van der Waals surface area contributed by atoms with E-state index in [1.54, 1.807) is 17.7 Å². The van der Waals surface area contributed by atoms with Gasteiger partial charge in [-0.05, 0) is 34.4 Å². The highest BCUT2D eigenvalue weighted by atomic mass is 79.9. The van der Waals surface area contributed by atoms with Crippen molar-refractivity contribution in [3.05, 3.63) is 28.3 Å². The van der Waals surface area contributed by atoms with Crippen molar-refractivity contribution < 1.29 is 0 Å². The number of hydrogen-bond donors (Lipinski definition) is 0. The lowest BCUT2D eigenvalue weighted by Gasteiger charge is -2.33. The lowest BCUT2D eigenvalue weighted by Crippen LogP contribution is -2.44. The number of aromatic nitrogens is 2. The molecule has 3 heterocycles. The maximum atomic E-state index is 4.41. The van der Waals surface area contributed by atoms with Crippen molar-refractivity contribution in [3.63, 3.8) is 0 Å². The molecule has 1 saturated heterocycles. The SMILES string of the molecule is CN1CCN(c2cc(-c3sccc3Br)ncn2)CC1. The van der Waals surface area contributed by atoms with Crippen molar-refractivity contribution in [1.29, 1.82) is 0 Å². The van der Waals surface area contributed by atoms with Crippen LogP contribution in [0.5, 0.6) is 0 Å². The summed E-state index contributed by atoms with van der Waals surface area (Å²) >= 11 is 5.26. The third kappa shape index (κ3) is 2.80. The zero-order chi connectivity index (χ0) is 13.2. The highest BCUT2D eigenvalue weighted by molar-refractivity contribution is 9.10. The number of hydrogen-bond acceptors (Lipinski definition) is 5. The summed E-state index contributed by atoms with van der Waals surface area (Å²) in [5.41, 5.74) is 0.991. The Bertz CT molecular complexity index is 563. The molecule has 0 aliphatic carbocycles. The third-order valence-electron chi connectivity index (χ3n) is 3.33. The fraction of sp³-hybridized carbons (Fsp3) is 0.385. The Morgan fingerprint density at radius 3 is 2.68 bits per heavy atom. The number of rotatable bonds is 2. The van der Waals surface area contributed by atoms with Gasteiger partial charge in [-0.3, -0.25) is 0 Å². The van der Waals surface area contributed by atoms with Gasteiger partial charge in [0.25, 0.3) is 0 Å². The highest BCUT2D eigenvalue weighted by Gasteiger charge is 2.16. The molecule has 2 aromatic heterocycles. The van der Waals surface area contributed by atoms with Gasteiger partial charge in [0, 0.05) is 36.7 Å². The molecule has 0 spiro atoms. The van der Waals surface area contributed by atoms with E-state index in [-0.39, 0.29) is 0 Å². The predicted molar refractivity (Wildman–Crippen MR) is 82.8 cm³/mol. The van der Waals surface area contributed by atoms with Gasteiger partial charge in [-0.2, -0.15) is 0 Å².